The van der Waals surface area contributed by atoms with E-state index >= 15 is 0 Å². The lowest BCUT2D eigenvalue weighted by Gasteiger charge is -2.04. The quantitative estimate of drug-likeness (QED) is 0.754. The minimum atomic E-state index is 0.509. The van der Waals surface area contributed by atoms with Crippen LogP contribution in [0.5, 0.6) is 0 Å². The summed E-state index contributed by atoms with van der Waals surface area (Å²) in [6, 6.07) is 6.10. The van der Waals surface area contributed by atoms with Crippen molar-refractivity contribution < 1.29 is 4.52 Å². The van der Waals surface area contributed by atoms with E-state index in [-0.39, 0.29) is 0 Å². The molecule has 3 rings (SSSR count). The SMILES string of the molecule is Cc1ccc2c(c1)nc(N)n2CCc1ncno1. The largest absolute Gasteiger partial charge is 0.369 e. The smallest absolute Gasteiger partial charge is 0.228 e. The maximum atomic E-state index is 5.93. The third-order valence-corrected chi connectivity index (χ3v) is 2.89. The molecule has 0 fully saturated rings. The van der Waals surface area contributed by atoms with E-state index in [0.717, 1.165) is 11.0 Å². The van der Waals surface area contributed by atoms with Gasteiger partial charge in [0.1, 0.15) is 0 Å². The molecule has 0 amide bonds. The summed E-state index contributed by atoms with van der Waals surface area (Å²) in [5.41, 5.74) is 9.04. The van der Waals surface area contributed by atoms with Gasteiger partial charge in [0.15, 0.2) is 6.33 Å². The molecular formula is C12H13N5O. The number of imidazole rings is 1. The predicted molar refractivity (Wildman–Crippen MR) is 66.9 cm³/mol. The number of benzene rings is 1. The number of nitrogens with two attached hydrogens (primary N) is 1. The highest BCUT2D eigenvalue weighted by molar-refractivity contribution is 5.79. The number of nitrogens with zero attached hydrogens (tertiary/aromatic N) is 4. The van der Waals surface area contributed by atoms with Crippen LogP contribution < -0.4 is 5.73 Å². The highest BCUT2D eigenvalue weighted by Gasteiger charge is 2.09. The molecule has 0 aliphatic carbocycles. The third kappa shape index (κ3) is 1.81. The number of aryl methyl sites for hydroxylation is 3. The molecule has 1 aromatic carbocycles. The van der Waals surface area contributed by atoms with Crippen molar-refractivity contribution in [1.82, 2.24) is 19.7 Å². The lowest BCUT2D eigenvalue weighted by Crippen LogP contribution is -2.05. The molecule has 2 heterocycles. The highest BCUT2D eigenvalue weighted by Crippen LogP contribution is 2.19. The summed E-state index contributed by atoms with van der Waals surface area (Å²) in [7, 11) is 0. The fourth-order valence-corrected chi connectivity index (χ4v) is 2.01. The fourth-order valence-electron chi connectivity index (χ4n) is 2.01. The van der Waals surface area contributed by atoms with Gasteiger partial charge in [0.05, 0.1) is 11.0 Å². The molecule has 92 valence electrons. The van der Waals surface area contributed by atoms with Gasteiger partial charge in [-0.3, -0.25) is 0 Å². The number of aromatic nitrogens is 4. The van der Waals surface area contributed by atoms with Gasteiger partial charge in [0.25, 0.3) is 0 Å². The van der Waals surface area contributed by atoms with E-state index in [1.807, 2.05) is 29.7 Å². The molecular weight excluding hydrogens is 230 g/mol. The van der Waals surface area contributed by atoms with E-state index in [4.69, 9.17) is 10.3 Å². The van der Waals surface area contributed by atoms with Crippen LogP contribution in [0.15, 0.2) is 29.0 Å². The maximum absolute atomic E-state index is 5.93. The second kappa shape index (κ2) is 4.14. The standard InChI is InChI=1S/C12H13N5O/c1-8-2-3-10-9(6-8)16-12(13)17(10)5-4-11-14-7-15-18-11/h2-3,6-7H,4-5H2,1H3,(H2,13,16). The Bertz CT molecular complexity index is 671. The zero-order valence-corrected chi connectivity index (χ0v) is 10.00. The Labute approximate surface area is 103 Å². The Morgan fingerprint density at radius 3 is 3.06 bits per heavy atom. The summed E-state index contributed by atoms with van der Waals surface area (Å²) in [5.74, 6) is 1.11. The van der Waals surface area contributed by atoms with E-state index < -0.39 is 0 Å². The number of hydrogen-bond donors (Lipinski definition) is 1. The molecule has 0 bridgehead atoms. The van der Waals surface area contributed by atoms with Crippen molar-refractivity contribution in [2.45, 2.75) is 19.9 Å². The molecule has 6 nitrogen and oxygen atoms in total. The second-order valence-electron chi connectivity index (χ2n) is 4.20. The van der Waals surface area contributed by atoms with Crippen LogP contribution in [-0.2, 0) is 13.0 Å². The van der Waals surface area contributed by atoms with Crippen molar-refractivity contribution in [1.29, 1.82) is 0 Å². The van der Waals surface area contributed by atoms with Gasteiger partial charge >= 0.3 is 0 Å². The van der Waals surface area contributed by atoms with Crippen molar-refractivity contribution in [3.63, 3.8) is 0 Å². The van der Waals surface area contributed by atoms with Gasteiger partial charge in [-0.25, -0.2) is 4.98 Å². The Balaban J connectivity index is 1.93. The molecule has 0 atom stereocenters. The molecule has 0 unspecified atom stereocenters. The minimum absolute atomic E-state index is 0.509. The minimum Gasteiger partial charge on any atom is -0.369 e. The summed E-state index contributed by atoms with van der Waals surface area (Å²) in [4.78, 5) is 8.34. The molecule has 18 heavy (non-hydrogen) atoms. The van der Waals surface area contributed by atoms with Gasteiger partial charge in [0.2, 0.25) is 11.8 Å². The molecule has 6 heteroatoms. The number of anilines is 1. The van der Waals surface area contributed by atoms with Crippen molar-refractivity contribution in [3.8, 4) is 0 Å². The van der Waals surface area contributed by atoms with Crippen LogP contribution in [0.2, 0.25) is 0 Å². The van der Waals surface area contributed by atoms with E-state index in [1.54, 1.807) is 0 Å². The van der Waals surface area contributed by atoms with Gasteiger partial charge in [-0.1, -0.05) is 11.2 Å². The van der Waals surface area contributed by atoms with E-state index in [0.29, 0.717) is 24.8 Å². The van der Waals surface area contributed by atoms with E-state index in [2.05, 4.69) is 15.1 Å². The lowest BCUT2D eigenvalue weighted by atomic mass is 10.2. The molecule has 2 aromatic heterocycles. The second-order valence-corrected chi connectivity index (χ2v) is 4.20. The predicted octanol–water partition coefficient (Wildman–Crippen LogP) is 1.55. The first kappa shape index (κ1) is 10.8. The first-order chi connectivity index (χ1) is 8.74. The van der Waals surface area contributed by atoms with Crippen molar-refractivity contribution in [2.75, 3.05) is 5.73 Å². The Morgan fingerprint density at radius 1 is 1.39 bits per heavy atom. The van der Waals surface area contributed by atoms with Gasteiger partial charge in [-0.15, -0.1) is 0 Å². The van der Waals surface area contributed by atoms with Crippen LogP contribution in [0.3, 0.4) is 0 Å². The van der Waals surface area contributed by atoms with Crippen LogP contribution in [-0.4, -0.2) is 19.7 Å². The van der Waals surface area contributed by atoms with Crippen LogP contribution in [0, 0.1) is 6.92 Å². The highest BCUT2D eigenvalue weighted by atomic mass is 16.5. The van der Waals surface area contributed by atoms with Crippen LogP contribution in [0.25, 0.3) is 11.0 Å². The number of rotatable bonds is 3. The normalized spacial score (nSPS) is 11.2. The average molecular weight is 243 g/mol. The van der Waals surface area contributed by atoms with E-state index in [1.165, 1.54) is 11.9 Å². The topological polar surface area (TPSA) is 82.8 Å². The lowest BCUT2D eigenvalue weighted by molar-refractivity contribution is 0.372. The number of hydrogen-bond acceptors (Lipinski definition) is 5. The maximum Gasteiger partial charge on any atom is 0.228 e. The zero-order valence-electron chi connectivity index (χ0n) is 10.00. The average Bonchev–Trinajstić information content (AvgIpc) is 2.93. The van der Waals surface area contributed by atoms with E-state index in [9.17, 15) is 0 Å². The monoisotopic (exact) mass is 243 g/mol. The van der Waals surface area contributed by atoms with Crippen molar-refractivity contribution in [2.24, 2.45) is 0 Å². The molecule has 0 spiro atoms. The third-order valence-electron chi connectivity index (χ3n) is 2.89. The van der Waals surface area contributed by atoms with Gasteiger partial charge in [0, 0.05) is 13.0 Å². The molecule has 2 N–H and O–H groups in total. The molecule has 3 aromatic rings. The summed E-state index contributed by atoms with van der Waals surface area (Å²) in [6.07, 6.45) is 2.04. The van der Waals surface area contributed by atoms with Crippen LogP contribution in [0.1, 0.15) is 11.5 Å². The molecule has 0 radical (unpaired) electrons. The fraction of sp³-hybridized carbons (Fsp3) is 0.250. The Kier molecular flexibility index (Phi) is 2.47. The first-order valence-electron chi connectivity index (χ1n) is 5.72. The summed E-state index contributed by atoms with van der Waals surface area (Å²) in [5, 5.41) is 3.58. The van der Waals surface area contributed by atoms with Crippen LogP contribution in [0.4, 0.5) is 5.95 Å². The summed E-state index contributed by atoms with van der Waals surface area (Å²) in [6.45, 7) is 2.71. The Morgan fingerprint density at radius 2 is 2.28 bits per heavy atom. The van der Waals surface area contributed by atoms with Gasteiger partial charge in [-0.2, -0.15) is 4.98 Å². The molecule has 0 aliphatic rings. The van der Waals surface area contributed by atoms with Gasteiger partial charge < -0.3 is 14.8 Å². The number of nitrogen functional groups attached to an aromatic ring is 1. The Hall–Kier alpha value is -2.37. The summed E-state index contributed by atoms with van der Waals surface area (Å²) < 4.78 is 6.92. The van der Waals surface area contributed by atoms with Gasteiger partial charge in [-0.05, 0) is 24.6 Å². The molecule has 0 aliphatic heterocycles. The molecule has 0 saturated heterocycles. The van der Waals surface area contributed by atoms with Crippen molar-refractivity contribution in [3.05, 3.63) is 36.0 Å². The van der Waals surface area contributed by atoms with Crippen LogP contribution >= 0.6 is 0 Å². The van der Waals surface area contributed by atoms with Crippen molar-refractivity contribution >= 4 is 17.0 Å². The molecule has 0 saturated carbocycles. The zero-order chi connectivity index (χ0) is 12.5. The first-order valence-corrected chi connectivity index (χ1v) is 5.72. The summed E-state index contributed by atoms with van der Waals surface area (Å²) >= 11 is 0. The number of fused-ring (bicyclic) bond motifs is 1.